The van der Waals surface area contributed by atoms with Crippen LogP contribution in [0.1, 0.15) is 47.5 Å². The summed E-state index contributed by atoms with van der Waals surface area (Å²) in [5, 5.41) is 3.02. The summed E-state index contributed by atoms with van der Waals surface area (Å²) in [5.41, 5.74) is 0. The first-order chi connectivity index (χ1) is 9.40. The molecule has 0 aliphatic carbocycles. The molecule has 4 nitrogen and oxygen atoms in total. The number of amides is 1. The number of piperidine rings is 1. The van der Waals surface area contributed by atoms with Gasteiger partial charge < -0.3 is 10.1 Å². The summed E-state index contributed by atoms with van der Waals surface area (Å²) in [6.07, 6.45) is 2.45. The maximum atomic E-state index is 12.1. The van der Waals surface area contributed by atoms with E-state index >= 15 is 0 Å². The number of rotatable bonds is 7. The third kappa shape index (κ3) is 6.23. The Bertz CT molecular complexity index is 284. The van der Waals surface area contributed by atoms with Crippen molar-refractivity contribution in [2.75, 3.05) is 26.2 Å². The topological polar surface area (TPSA) is 41.6 Å². The van der Waals surface area contributed by atoms with Gasteiger partial charge in [0.2, 0.25) is 5.91 Å². The van der Waals surface area contributed by atoms with Crippen LogP contribution < -0.4 is 5.32 Å². The molecule has 1 aliphatic rings. The van der Waals surface area contributed by atoms with Crippen LogP contribution in [-0.4, -0.2) is 49.2 Å². The van der Waals surface area contributed by atoms with Crippen LogP contribution in [0.4, 0.5) is 0 Å². The molecule has 0 radical (unpaired) electrons. The van der Waals surface area contributed by atoms with Crippen molar-refractivity contribution in [1.82, 2.24) is 10.2 Å². The molecule has 0 spiro atoms. The molecule has 1 saturated heterocycles. The third-order valence-electron chi connectivity index (χ3n) is 3.75. The molecule has 1 unspecified atom stereocenters. The molecule has 1 fully saturated rings. The molecule has 0 aromatic rings. The van der Waals surface area contributed by atoms with E-state index < -0.39 is 0 Å². The van der Waals surface area contributed by atoms with Crippen LogP contribution in [0.3, 0.4) is 0 Å². The number of carbonyl (C=O) groups is 1. The summed E-state index contributed by atoms with van der Waals surface area (Å²) in [7, 11) is 0. The Morgan fingerprint density at radius 1 is 1.15 bits per heavy atom. The van der Waals surface area contributed by atoms with E-state index in [0.29, 0.717) is 17.9 Å². The number of nitrogens with zero attached hydrogens (tertiary/aromatic N) is 1. The summed E-state index contributed by atoms with van der Waals surface area (Å²) in [5.74, 6) is 1.25. The largest absolute Gasteiger partial charge is 0.378 e. The number of carbonyl (C=O) groups excluding carboxylic acids is 1. The lowest BCUT2D eigenvalue weighted by Gasteiger charge is -2.35. The summed E-state index contributed by atoms with van der Waals surface area (Å²) >= 11 is 0. The van der Waals surface area contributed by atoms with Gasteiger partial charge in [0, 0.05) is 26.2 Å². The molecular formula is C16H32N2O2. The lowest BCUT2D eigenvalue weighted by Crippen LogP contribution is -2.49. The normalized spacial score (nSPS) is 19.6. The van der Waals surface area contributed by atoms with E-state index in [0.717, 1.165) is 39.1 Å². The van der Waals surface area contributed by atoms with Gasteiger partial charge in [0.15, 0.2) is 0 Å². The summed E-state index contributed by atoms with van der Waals surface area (Å²) in [4.78, 5) is 14.3. The summed E-state index contributed by atoms with van der Waals surface area (Å²) in [6.45, 7) is 14.1. The van der Waals surface area contributed by atoms with Crippen LogP contribution in [0.15, 0.2) is 0 Å². The third-order valence-corrected chi connectivity index (χ3v) is 3.75. The fraction of sp³-hybridized carbons (Fsp3) is 0.938. The second-order valence-corrected chi connectivity index (χ2v) is 6.78. The van der Waals surface area contributed by atoms with Crippen LogP contribution in [0.2, 0.25) is 0 Å². The van der Waals surface area contributed by atoms with Crippen molar-refractivity contribution in [3.05, 3.63) is 0 Å². The van der Waals surface area contributed by atoms with Gasteiger partial charge in [0.25, 0.3) is 0 Å². The highest BCUT2D eigenvalue weighted by Crippen LogP contribution is 2.17. The van der Waals surface area contributed by atoms with Crippen molar-refractivity contribution >= 4 is 5.91 Å². The van der Waals surface area contributed by atoms with Gasteiger partial charge in [-0.05, 0) is 31.6 Å². The Kier molecular flexibility index (Phi) is 7.52. The Balaban J connectivity index is 2.27. The number of hydrogen-bond acceptors (Lipinski definition) is 3. The minimum atomic E-state index is -0.0280. The van der Waals surface area contributed by atoms with Gasteiger partial charge in [0.05, 0.1) is 12.1 Å². The van der Waals surface area contributed by atoms with Crippen LogP contribution in [0.25, 0.3) is 0 Å². The number of ether oxygens (including phenoxy) is 1. The van der Waals surface area contributed by atoms with Gasteiger partial charge in [-0.1, -0.05) is 27.7 Å². The minimum Gasteiger partial charge on any atom is -0.378 e. The van der Waals surface area contributed by atoms with Crippen molar-refractivity contribution in [2.24, 2.45) is 11.8 Å². The Morgan fingerprint density at radius 3 is 2.25 bits per heavy atom. The minimum absolute atomic E-state index is 0.0280. The summed E-state index contributed by atoms with van der Waals surface area (Å²) < 4.78 is 5.88. The lowest BCUT2D eigenvalue weighted by molar-refractivity contribution is -0.127. The van der Waals surface area contributed by atoms with Gasteiger partial charge in [0.1, 0.15) is 0 Å². The Hall–Kier alpha value is -0.610. The Morgan fingerprint density at radius 2 is 1.75 bits per heavy atom. The monoisotopic (exact) mass is 284 g/mol. The van der Waals surface area contributed by atoms with Crippen LogP contribution in [0.5, 0.6) is 0 Å². The first-order valence-corrected chi connectivity index (χ1v) is 8.03. The smallest absolute Gasteiger partial charge is 0.237 e. The zero-order chi connectivity index (χ0) is 15.1. The average molecular weight is 284 g/mol. The zero-order valence-electron chi connectivity index (χ0n) is 13.8. The number of nitrogens with one attached hydrogen (secondary N) is 1. The standard InChI is InChI=1S/C16H32N2O2/c1-12(2)10-17-16(19)14(5)18-8-6-15(7-9-18)20-11-13(3)4/h12-15H,6-11H2,1-5H3,(H,17,19). The molecule has 0 aromatic heterocycles. The quantitative estimate of drug-likeness (QED) is 0.780. The van der Waals surface area contributed by atoms with Crippen LogP contribution >= 0.6 is 0 Å². The predicted octanol–water partition coefficient (Wildman–Crippen LogP) is 2.28. The molecule has 1 atom stereocenters. The van der Waals surface area contributed by atoms with Crippen molar-refractivity contribution in [2.45, 2.75) is 59.6 Å². The van der Waals surface area contributed by atoms with E-state index in [1.165, 1.54) is 0 Å². The molecule has 0 saturated carbocycles. The number of likely N-dealkylation sites (tertiary alicyclic amines) is 1. The zero-order valence-corrected chi connectivity index (χ0v) is 13.8. The molecule has 1 heterocycles. The highest BCUT2D eigenvalue weighted by molar-refractivity contribution is 5.81. The van der Waals surface area contributed by atoms with Crippen LogP contribution in [-0.2, 0) is 9.53 Å². The highest BCUT2D eigenvalue weighted by Gasteiger charge is 2.26. The molecule has 20 heavy (non-hydrogen) atoms. The molecule has 0 bridgehead atoms. The second kappa shape index (κ2) is 8.63. The van der Waals surface area contributed by atoms with E-state index in [1.54, 1.807) is 0 Å². The first-order valence-electron chi connectivity index (χ1n) is 8.03. The fourth-order valence-electron chi connectivity index (χ4n) is 2.38. The molecule has 1 rings (SSSR count). The van der Waals surface area contributed by atoms with E-state index in [2.05, 4.69) is 37.9 Å². The summed E-state index contributed by atoms with van der Waals surface area (Å²) in [6, 6.07) is -0.0280. The van der Waals surface area contributed by atoms with E-state index in [-0.39, 0.29) is 11.9 Å². The van der Waals surface area contributed by atoms with Crippen molar-refractivity contribution in [3.63, 3.8) is 0 Å². The highest BCUT2D eigenvalue weighted by atomic mass is 16.5. The molecule has 0 aromatic carbocycles. The van der Waals surface area contributed by atoms with Crippen LogP contribution in [0, 0.1) is 11.8 Å². The molecule has 1 aliphatic heterocycles. The lowest BCUT2D eigenvalue weighted by atomic mass is 10.1. The molecule has 1 N–H and O–H groups in total. The molecule has 118 valence electrons. The second-order valence-electron chi connectivity index (χ2n) is 6.78. The maximum Gasteiger partial charge on any atom is 0.237 e. The van der Waals surface area contributed by atoms with E-state index in [4.69, 9.17) is 4.74 Å². The van der Waals surface area contributed by atoms with Crippen molar-refractivity contribution < 1.29 is 9.53 Å². The van der Waals surface area contributed by atoms with E-state index in [9.17, 15) is 4.79 Å². The van der Waals surface area contributed by atoms with Gasteiger partial charge in [-0.2, -0.15) is 0 Å². The average Bonchev–Trinajstić information content (AvgIpc) is 2.42. The van der Waals surface area contributed by atoms with Gasteiger partial charge in [-0.25, -0.2) is 0 Å². The number of hydrogen-bond donors (Lipinski definition) is 1. The first kappa shape index (κ1) is 17.4. The molecule has 1 amide bonds. The predicted molar refractivity (Wildman–Crippen MR) is 82.7 cm³/mol. The van der Waals surface area contributed by atoms with Crippen molar-refractivity contribution in [1.29, 1.82) is 0 Å². The molecular weight excluding hydrogens is 252 g/mol. The fourth-order valence-corrected chi connectivity index (χ4v) is 2.38. The van der Waals surface area contributed by atoms with Gasteiger partial charge >= 0.3 is 0 Å². The maximum absolute atomic E-state index is 12.1. The van der Waals surface area contributed by atoms with Crippen molar-refractivity contribution in [3.8, 4) is 0 Å². The SMILES string of the molecule is CC(C)CNC(=O)C(C)N1CCC(OCC(C)C)CC1. The Labute approximate surface area is 124 Å². The van der Waals surface area contributed by atoms with Gasteiger partial charge in [-0.3, -0.25) is 9.69 Å². The molecule has 4 heteroatoms. The van der Waals surface area contributed by atoms with E-state index in [1.807, 2.05) is 6.92 Å². The van der Waals surface area contributed by atoms with Gasteiger partial charge in [-0.15, -0.1) is 0 Å².